The molecule has 142 valence electrons. The Kier molecular flexibility index (Phi) is 4.97. The lowest BCUT2D eigenvalue weighted by atomic mass is 10.2. The Bertz CT molecular complexity index is 1170. The average Bonchev–Trinajstić information content (AvgIpc) is 3.38. The SMILES string of the molecule is O=S(=O)(c1ccccc1)c1nc(-c2cccs2)oc1NCc1ccc(F)cc1. The summed E-state index contributed by atoms with van der Waals surface area (Å²) < 4.78 is 45.0. The number of aromatic nitrogens is 1. The number of benzene rings is 2. The van der Waals surface area contributed by atoms with E-state index in [1.54, 1.807) is 36.4 Å². The summed E-state index contributed by atoms with van der Waals surface area (Å²) in [4.78, 5) is 5.11. The molecule has 2 aromatic heterocycles. The zero-order chi connectivity index (χ0) is 19.6. The Morgan fingerprint density at radius 1 is 1.00 bits per heavy atom. The zero-order valence-corrected chi connectivity index (χ0v) is 16.1. The Labute approximate surface area is 165 Å². The Hall–Kier alpha value is -2.97. The lowest BCUT2D eigenvalue weighted by molar-refractivity contribution is 0.577. The first kappa shape index (κ1) is 18.4. The molecule has 4 rings (SSSR count). The number of halogens is 1. The van der Waals surface area contributed by atoms with Crippen molar-refractivity contribution in [2.24, 2.45) is 0 Å². The molecule has 0 aliphatic heterocycles. The lowest BCUT2D eigenvalue weighted by Gasteiger charge is -2.06. The molecule has 0 bridgehead atoms. The highest BCUT2D eigenvalue weighted by atomic mass is 32.2. The normalized spacial score (nSPS) is 11.5. The molecule has 0 unspecified atom stereocenters. The van der Waals surface area contributed by atoms with Gasteiger partial charge in [0.05, 0.1) is 9.77 Å². The van der Waals surface area contributed by atoms with Gasteiger partial charge in [-0.05, 0) is 41.3 Å². The van der Waals surface area contributed by atoms with E-state index >= 15 is 0 Å². The van der Waals surface area contributed by atoms with Crippen LogP contribution < -0.4 is 5.32 Å². The van der Waals surface area contributed by atoms with Crippen molar-refractivity contribution in [2.45, 2.75) is 16.5 Å². The third-order valence-corrected chi connectivity index (χ3v) is 6.54. The highest BCUT2D eigenvalue weighted by molar-refractivity contribution is 7.91. The number of hydrogen-bond donors (Lipinski definition) is 1. The third-order valence-electron chi connectivity index (χ3n) is 4.00. The van der Waals surface area contributed by atoms with Crippen LogP contribution in [-0.2, 0) is 16.4 Å². The van der Waals surface area contributed by atoms with Gasteiger partial charge in [0.15, 0.2) is 0 Å². The predicted molar refractivity (Wildman–Crippen MR) is 105 cm³/mol. The van der Waals surface area contributed by atoms with Crippen LogP contribution in [0.5, 0.6) is 0 Å². The highest BCUT2D eigenvalue weighted by Crippen LogP contribution is 2.34. The van der Waals surface area contributed by atoms with E-state index in [2.05, 4.69) is 10.3 Å². The molecule has 0 atom stereocenters. The van der Waals surface area contributed by atoms with Crippen LogP contribution in [0.4, 0.5) is 10.3 Å². The van der Waals surface area contributed by atoms with Crippen molar-refractivity contribution in [1.82, 2.24) is 4.98 Å². The largest absolute Gasteiger partial charge is 0.418 e. The fraction of sp³-hybridized carbons (Fsp3) is 0.0500. The Morgan fingerprint density at radius 2 is 1.75 bits per heavy atom. The van der Waals surface area contributed by atoms with Crippen molar-refractivity contribution in [3.05, 3.63) is 83.5 Å². The quantitative estimate of drug-likeness (QED) is 0.481. The van der Waals surface area contributed by atoms with Gasteiger partial charge in [-0.1, -0.05) is 36.4 Å². The van der Waals surface area contributed by atoms with Gasteiger partial charge in [0.2, 0.25) is 26.6 Å². The molecule has 0 aliphatic rings. The van der Waals surface area contributed by atoms with E-state index in [1.165, 1.54) is 35.6 Å². The topological polar surface area (TPSA) is 72.2 Å². The fourth-order valence-corrected chi connectivity index (χ4v) is 4.55. The van der Waals surface area contributed by atoms with Crippen molar-refractivity contribution in [3.63, 3.8) is 0 Å². The lowest BCUT2D eigenvalue weighted by Crippen LogP contribution is -2.07. The number of hydrogen-bond acceptors (Lipinski definition) is 6. The first-order valence-corrected chi connectivity index (χ1v) is 10.7. The van der Waals surface area contributed by atoms with E-state index in [0.29, 0.717) is 0 Å². The number of rotatable bonds is 6. The molecule has 2 aromatic carbocycles. The molecular weight excluding hydrogens is 399 g/mol. The van der Waals surface area contributed by atoms with E-state index in [0.717, 1.165) is 10.4 Å². The molecule has 5 nitrogen and oxygen atoms in total. The second kappa shape index (κ2) is 7.57. The summed E-state index contributed by atoms with van der Waals surface area (Å²) in [7, 11) is -3.87. The van der Waals surface area contributed by atoms with Crippen LogP contribution in [0.15, 0.2) is 86.4 Å². The number of nitrogens with zero attached hydrogens (tertiary/aromatic N) is 1. The van der Waals surface area contributed by atoms with Gasteiger partial charge in [-0.2, -0.15) is 4.98 Å². The number of anilines is 1. The summed E-state index contributed by atoms with van der Waals surface area (Å²) in [5.41, 5.74) is 0.776. The summed E-state index contributed by atoms with van der Waals surface area (Å²) >= 11 is 1.40. The summed E-state index contributed by atoms with van der Waals surface area (Å²) in [5, 5.41) is 4.66. The summed E-state index contributed by atoms with van der Waals surface area (Å²) in [5.74, 6) is -0.0570. The molecule has 8 heteroatoms. The van der Waals surface area contributed by atoms with Crippen molar-refractivity contribution < 1.29 is 17.2 Å². The minimum absolute atomic E-state index is 0.0524. The molecule has 1 N–H and O–H groups in total. The monoisotopic (exact) mass is 414 g/mol. The second-order valence-corrected chi connectivity index (χ2v) is 8.74. The van der Waals surface area contributed by atoms with Gasteiger partial charge in [0.1, 0.15) is 5.82 Å². The van der Waals surface area contributed by atoms with Crippen LogP contribution in [0.3, 0.4) is 0 Å². The molecular formula is C20H15FN2O3S2. The molecule has 0 spiro atoms. The molecule has 4 aromatic rings. The van der Waals surface area contributed by atoms with Crippen molar-refractivity contribution >= 4 is 27.1 Å². The van der Waals surface area contributed by atoms with Gasteiger partial charge in [-0.25, -0.2) is 12.8 Å². The van der Waals surface area contributed by atoms with E-state index in [4.69, 9.17) is 4.42 Å². The van der Waals surface area contributed by atoms with Gasteiger partial charge in [0.25, 0.3) is 0 Å². The summed E-state index contributed by atoms with van der Waals surface area (Å²) in [6, 6.07) is 17.6. The Balaban J connectivity index is 1.72. The number of nitrogens with one attached hydrogen (secondary N) is 1. The van der Waals surface area contributed by atoms with Crippen LogP contribution >= 0.6 is 11.3 Å². The van der Waals surface area contributed by atoms with Crippen LogP contribution in [0.25, 0.3) is 10.8 Å². The van der Waals surface area contributed by atoms with E-state index in [1.807, 2.05) is 11.4 Å². The molecule has 2 heterocycles. The number of oxazole rings is 1. The van der Waals surface area contributed by atoms with Gasteiger partial charge in [-0.3, -0.25) is 0 Å². The molecule has 28 heavy (non-hydrogen) atoms. The first-order chi connectivity index (χ1) is 13.5. The van der Waals surface area contributed by atoms with Gasteiger partial charge >= 0.3 is 0 Å². The minimum Gasteiger partial charge on any atom is -0.418 e. The Morgan fingerprint density at radius 3 is 2.43 bits per heavy atom. The maximum Gasteiger partial charge on any atom is 0.240 e. The maximum atomic E-state index is 13.1. The zero-order valence-electron chi connectivity index (χ0n) is 14.5. The minimum atomic E-state index is -3.87. The fourth-order valence-electron chi connectivity index (χ4n) is 2.60. The highest BCUT2D eigenvalue weighted by Gasteiger charge is 2.28. The summed E-state index contributed by atoms with van der Waals surface area (Å²) in [6.45, 7) is 0.261. The average molecular weight is 414 g/mol. The molecule has 0 saturated heterocycles. The van der Waals surface area contributed by atoms with E-state index in [9.17, 15) is 12.8 Å². The van der Waals surface area contributed by atoms with Gasteiger partial charge < -0.3 is 9.73 Å². The van der Waals surface area contributed by atoms with Crippen molar-refractivity contribution in [3.8, 4) is 10.8 Å². The van der Waals surface area contributed by atoms with E-state index in [-0.39, 0.29) is 34.1 Å². The van der Waals surface area contributed by atoms with Gasteiger partial charge in [-0.15, -0.1) is 11.3 Å². The first-order valence-electron chi connectivity index (χ1n) is 8.37. The van der Waals surface area contributed by atoms with Crippen LogP contribution in [0.2, 0.25) is 0 Å². The molecule has 0 fully saturated rings. The van der Waals surface area contributed by atoms with Gasteiger partial charge in [0, 0.05) is 6.54 Å². The standard InChI is InChI=1S/C20H15FN2O3S2/c21-15-10-8-14(9-11-15)13-22-19-20(23-18(26-19)17-7-4-12-27-17)28(24,25)16-5-2-1-3-6-16/h1-12,22H,13H2. The molecule has 0 radical (unpaired) electrons. The number of sulfone groups is 1. The predicted octanol–water partition coefficient (Wildman–Crippen LogP) is 4.99. The van der Waals surface area contributed by atoms with Crippen LogP contribution in [-0.4, -0.2) is 13.4 Å². The molecule has 0 aliphatic carbocycles. The van der Waals surface area contributed by atoms with Crippen LogP contribution in [0, 0.1) is 5.82 Å². The smallest absolute Gasteiger partial charge is 0.240 e. The second-order valence-electron chi connectivity index (χ2n) is 5.93. The number of thiophene rings is 1. The maximum absolute atomic E-state index is 13.1. The van der Waals surface area contributed by atoms with Crippen LogP contribution in [0.1, 0.15) is 5.56 Å². The third kappa shape index (κ3) is 3.69. The van der Waals surface area contributed by atoms with E-state index < -0.39 is 9.84 Å². The van der Waals surface area contributed by atoms with Crippen molar-refractivity contribution in [1.29, 1.82) is 0 Å². The molecule has 0 saturated carbocycles. The summed E-state index contributed by atoms with van der Waals surface area (Å²) in [6.07, 6.45) is 0. The molecule has 0 amide bonds. The van der Waals surface area contributed by atoms with Crippen molar-refractivity contribution in [2.75, 3.05) is 5.32 Å².